The zero-order valence-electron chi connectivity index (χ0n) is 11.2. The van der Waals surface area contributed by atoms with E-state index in [0.29, 0.717) is 18.9 Å². The molecule has 0 radical (unpaired) electrons. The molecule has 1 amide bonds. The van der Waals surface area contributed by atoms with Crippen LogP contribution in [0.15, 0.2) is 0 Å². The summed E-state index contributed by atoms with van der Waals surface area (Å²) in [6.45, 7) is 4.39. The number of nitrogens with two attached hydrogens (primary N) is 1. The predicted molar refractivity (Wildman–Crippen MR) is 71.8 cm³/mol. The van der Waals surface area contributed by atoms with Crippen molar-refractivity contribution in [3.8, 4) is 0 Å². The van der Waals surface area contributed by atoms with E-state index in [1.165, 1.54) is 0 Å². The van der Waals surface area contributed by atoms with Gasteiger partial charge in [0.25, 0.3) is 0 Å². The summed E-state index contributed by atoms with van der Waals surface area (Å²) >= 11 is 0. The van der Waals surface area contributed by atoms with Crippen molar-refractivity contribution in [1.29, 1.82) is 0 Å². The molecule has 0 bridgehead atoms. The first-order valence-corrected chi connectivity index (χ1v) is 8.37. The lowest BCUT2D eigenvalue weighted by Gasteiger charge is -2.25. The molecule has 1 rings (SSSR count). The highest BCUT2D eigenvalue weighted by atomic mass is 32.2. The minimum atomic E-state index is -2.98. The van der Waals surface area contributed by atoms with Crippen molar-refractivity contribution in [2.45, 2.75) is 39.2 Å². The number of hydrogen-bond donors (Lipinski definition) is 2. The zero-order valence-corrected chi connectivity index (χ0v) is 12.0. The molecular formula is C12H24N2O3S. The van der Waals surface area contributed by atoms with Gasteiger partial charge in [-0.25, -0.2) is 8.42 Å². The van der Waals surface area contributed by atoms with Crippen LogP contribution in [-0.2, 0) is 14.6 Å². The van der Waals surface area contributed by atoms with Crippen LogP contribution in [0.25, 0.3) is 0 Å². The van der Waals surface area contributed by atoms with Crippen molar-refractivity contribution in [1.82, 2.24) is 5.32 Å². The quantitative estimate of drug-likeness (QED) is 0.756. The molecule has 18 heavy (non-hydrogen) atoms. The highest BCUT2D eigenvalue weighted by molar-refractivity contribution is 7.91. The van der Waals surface area contributed by atoms with Gasteiger partial charge in [-0.1, -0.05) is 13.8 Å². The minimum Gasteiger partial charge on any atom is -0.352 e. The number of sulfone groups is 1. The van der Waals surface area contributed by atoms with Crippen molar-refractivity contribution in [2.75, 3.05) is 18.1 Å². The molecule has 1 fully saturated rings. The number of rotatable bonds is 5. The third kappa shape index (κ3) is 4.94. The van der Waals surface area contributed by atoms with Gasteiger partial charge in [-0.15, -0.1) is 0 Å². The largest absolute Gasteiger partial charge is 0.352 e. The second kappa shape index (κ2) is 6.52. The molecule has 0 saturated carbocycles. The highest BCUT2D eigenvalue weighted by Crippen LogP contribution is 2.15. The van der Waals surface area contributed by atoms with Gasteiger partial charge in [0, 0.05) is 12.6 Å². The molecule has 0 aromatic carbocycles. The van der Waals surface area contributed by atoms with Crippen molar-refractivity contribution in [2.24, 2.45) is 17.6 Å². The van der Waals surface area contributed by atoms with Crippen LogP contribution < -0.4 is 11.1 Å². The topological polar surface area (TPSA) is 89.3 Å². The van der Waals surface area contributed by atoms with Crippen molar-refractivity contribution in [3.63, 3.8) is 0 Å². The van der Waals surface area contributed by atoms with Crippen LogP contribution in [0.5, 0.6) is 0 Å². The number of nitrogens with one attached hydrogen (secondary N) is 1. The molecule has 6 heteroatoms. The summed E-state index contributed by atoms with van der Waals surface area (Å²) in [4.78, 5) is 12.0. The van der Waals surface area contributed by atoms with Crippen molar-refractivity contribution >= 4 is 15.7 Å². The van der Waals surface area contributed by atoms with Crippen LogP contribution in [0.2, 0.25) is 0 Å². The molecule has 0 aliphatic carbocycles. The Morgan fingerprint density at radius 1 is 1.44 bits per heavy atom. The van der Waals surface area contributed by atoms with E-state index in [1.54, 1.807) is 0 Å². The van der Waals surface area contributed by atoms with Gasteiger partial charge in [-0.3, -0.25) is 4.79 Å². The second-order valence-corrected chi connectivity index (χ2v) is 7.75. The van der Waals surface area contributed by atoms with E-state index in [0.717, 1.165) is 12.8 Å². The zero-order chi connectivity index (χ0) is 13.8. The van der Waals surface area contributed by atoms with Gasteiger partial charge in [0.15, 0.2) is 9.84 Å². The Morgan fingerprint density at radius 2 is 2.11 bits per heavy atom. The van der Waals surface area contributed by atoms with E-state index in [9.17, 15) is 13.2 Å². The first-order valence-electron chi connectivity index (χ1n) is 6.55. The van der Waals surface area contributed by atoms with Gasteiger partial charge >= 0.3 is 0 Å². The summed E-state index contributed by atoms with van der Waals surface area (Å²) in [5.74, 6) is 0.394. The van der Waals surface area contributed by atoms with Crippen molar-refractivity contribution < 1.29 is 13.2 Å². The fourth-order valence-electron chi connectivity index (χ4n) is 2.34. The summed E-state index contributed by atoms with van der Waals surface area (Å²) in [5, 5.41) is 2.83. The number of carbonyl (C=O) groups is 1. The van der Waals surface area contributed by atoms with Gasteiger partial charge < -0.3 is 11.1 Å². The molecule has 1 heterocycles. The fourth-order valence-corrected chi connectivity index (χ4v) is 3.97. The molecule has 0 aromatic heterocycles. The smallest absolute Gasteiger partial charge is 0.224 e. The van der Waals surface area contributed by atoms with Gasteiger partial charge in [-0.05, 0) is 25.2 Å². The molecule has 2 atom stereocenters. The van der Waals surface area contributed by atoms with Crippen LogP contribution in [0.1, 0.15) is 33.1 Å². The summed E-state index contributed by atoms with van der Waals surface area (Å²) in [7, 11) is -2.98. The Balaban J connectivity index is 2.52. The first kappa shape index (κ1) is 15.4. The predicted octanol–water partition coefficient (Wildman–Crippen LogP) is 0.301. The molecule has 5 nitrogen and oxygen atoms in total. The third-order valence-corrected chi connectivity index (χ3v) is 5.04. The lowest BCUT2D eigenvalue weighted by atomic mass is 9.96. The molecule has 1 aliphatic heterocycles. The van der Waals surface area contributed by atoms with E-state index in [-0.39, 0.29) is 29.4 Å². The Labute approximate surface area is 109 Å². The summed E-state index contributed by atoms with van der Waals surface area (Å²) in [5.41, 5.74) is 5.60. The average Bonchev–Trinajstić information content (AvgIpc) is 2.23. The van der Waals surface area contributed by atoms with E-state index in [4.69, 9.17) is 5.73 Å². The van der Waals surface area contributed by atoms with Gasteiger partial charge in [0.1, 0.15) is 0 Å². The molecule has 106 valence electrons. The molecule has 2 unspecified atom stereocenters. The Bertz CT molecular complexity index is 379. The fraction of sp³-hybridized carbons (Fsp3) is 0.917. The maximum absolute atomic E-state index is 12.0. The summed E-state index contributed by atoms with van der Waals surface area (Å²) in [6.07, 6.45) is 2.11. The third-order valence-electron chi connectivity index (χ3n) is 3.22. The molecule has 3 N–H and O–H groups in total. The maximum Gasteiger partial charge on any atom is 0.224 e. The van der Waals surface area contributed by atoms with Gasteiger partial charge in [0.2, 0.25) is 5.91 Å². The Hall–Kier alpha value is -0.620. The SMILES string of the molecule is CC(C)CC(CN)C(=O)NC1CCCS(=O)(=O)C1. The monoisotopic (exact) mass is 276 g/mol. The van der Waals surface area contributed by atoms with E-state index >= 15 is 0 Å². The highest BCUT2D eigenvalue weighted by Gasteiger charge is 2.28. The van der Waals surface area contributed by atoms with Crippen molar-refractivity contribution in [3.05, 3.63) is 0 Å². The lowest BCUT2D eigenvalue weighted by molar-refractivity contribution is -0.125. The summed E-state index contributed by atoms with van der Waals surface area (Å²) < 4.78 is 23.0. The average molecular weight is 276 g/mol. The van der Waals surface area contributed by atoms with Crippen LogP contribution in [-0.4, -0.2) is 38.4 Å². The normalized spacial score (nSPS) is 24.8. The first-order chi connectivity index (χ1) is 8.34. The van der Waals surface area contributed by atoms with Crippen LogP contribution in [0, 0.1) is 11.8 Å². The molecule has 0 spiro atoms. The van der Waals surface area contributed by atoms with Crippen LogP contribution in [0.3, 0.4) is 0 Å². The number of amides is 1. The molecule has 1 aliphatic rings. The Morgan fingerprint density at radius 3 is 2.61 bits per heavy atom. The van der Waals surface area contributed by atoms with Crippen LogP contribution in [0.4, 0.5) is 0 Å². The van der Waals surface area contributed by atoms with Crippen LogP contribution >= 0.6 is 0 Å². The van der Waals surface area contributed by atoms with E-state index in [2.05, 4.69) is 5.32 Å². The van der Waals surface area contributed by atoms with E-state index < -0.39 is 9.84 Å². The standard InChI is InChI=1S/C12H24N2O3S/c1-9(2)6-10(7-13)12(15)14-11-4-3-5-18(16,17)8-11/h9-11H,3-8,13H2,1-2H3,(H,14,15). The van der Waals surface area contributed by atoms with Gasteiger partial charge in [-0.2, -0.15) is 0 Å². The summed E-state index contributed by atoms with van der Waals surface area (Å²) in [6, 6.07) is -0.238. The number of carbonyl (C=O) groups excluding carboxylic acids is 1. The Kier molecular flexibility index (Phi) is 5.59. The molecule has 0 aromatic rings. The number of hydrogen-bond acceptors (Lipinski definition) is 4. The lowest BCUT2D eigenvalue weighted by Crippen LogP contribution is -2.46. The van der Waals surface area contributed by atoms with E-state index in [1.807, 2.05) is 13.8 Å². The second-order valence-electron chi connectivity index (χ2n) is 5.52. The maximum atomic E-state index is 12.0. The minimum absolute atomic E-state index is 0.0672. The molecule has 1 saturated heterocycles. The molecular weight excluding hydrogens is 252 g/mol. The van der Waals surface area contributed by atoms with Gasteiger partial charge in [0.05, 0.1) is 17.4 Å².